The van der Waals surface area contributed by atoms with Gasteiger partial charge in [0.25, 0.3) is 0 Å². The van der Waals surface area contributed by atoms with Gasteiger partial charge in [0, 0.05) is 26.4 Å². The lowest BCUT2D eigenvalue weighted by molar-refractivity contribution is 0.242. The van der Waals surface area contributed by atoms with Gasteiger partial charge in [-0.3, -0.25) is 4.99 Å². The molecule has 152 valence electrons. The van der Waals surface area contributed by atoms with Gasteiger partial charge in [-0.15, -0.1) is 0 Å². The van der Waals surface area contributed by atoms with Crippen LogP contribution in [0.4, 0.5) is 0 Å². The van der Waals surface area contributed by atoms with Gasteiger partial charge < -0.3 is 15.4 Å². The number of aryl methyl sites for hydroxylation is 1. The molecule has 0 amide bonds. The highest BCUT2D eigenvalue weighted by Gasteiger charge is 2.11. The van der Waals surface area contributed by atoms with Crippen molar-refractivity contribution in [1.82, 2.24) is 10.6 Å². The van der Waals surface area contributed by atoms with Gasteiger partial charge in [0.2, 0.25) is 0 Å². The Kier molecular flexibility index (Phi) is 7.45. The minimum absolute atomic E-state index is 0.155. The third kappa shape index (κ3) is 6.56. The number of nitrogens with zero attached hydrogens (tertiary/aromatic N) is 1. The van der Waals surface area contributed by atoms with E-state index in [2.05, 4.69) is 15.6 Å². The Bertz CT molecular complexity index is 920. The topological polar surface area (TPSA) is 79.8 Å². The Morgan fingerprint density at radius 2 is 1.61 bits per heavy atom. The maximum absolute atomic E-state index is 11.7. The normalized spacial score (nSPS) is 12.1. The number of sulfone groups is 1. The minimum Gasteiger partial charge on any atom is -0.491 e. The summed E-state index contributed by atoms with van der Waals surface area (Å²) in [4.78, 5) is 4.59. The lowest BCUT2D eigenvalue weighted by Crippen LogP contribution is -2.36. The van der Waals surface area contributed by atoms with Crippen molar-refractivity contribution in [2.24, 2.45) is 4.99 Å². The molecule has 6 nitrogen and oxygen atoms in total. The molecule has 0 aliphatic rings. The first kappa shape index (κ1) is 21.8. The van der Waals surface area contributed by atoms with Crippen molar-refractivity contribution in [3.8, 4) is 5.75 Å². The van der Waals surface area contributed by atoms with Crippen LogP contribution in [0.2, 0.25) is 0 Å². The van der Waals surface area contributed by atoms with Crippen molar-refractivity contribution in [2.45, 2.75) is 44.9 Å². The second kappa shape index (κ2) is 9.59. The maximum Gasteiger partial charge on any atom is 0.191 e. The number of rotatable bonds is 7. The lowest BCUT2D eigenvalue weighted by Gasteiger charge is -2.14. The molecule has 0 fully saturated rings. The van der Waals surface area contributed by atoms with Gasteiger partial charge in [-0.2, -0.15) is 0 Å². The molecule has 28 heavy (non-hydrogen) atoms. The number of guanidine groups is 1. The molecule has 2 aromatic rings. The molecular formula is C21H29N3O3S. The third-order valence-corrected chi connectivity index (χ3v) is 5.33. The Balaban J connectivity index is 1.90. The van der Waals surface area contributed by atoms with Gasteiger partial charge in [0.05, 0.1) is 11.0 Å². The average molecular weight is 404 g/mol. The van der Waals surface area contributed by atoms with Gasteiger partial charge in [0.1, 0.15) is 5.75 Å². The van der Waals surface area contributed by atoms with Crippen LogP contribution in [0.1, 0.15) is 30.5 Å². The van der Waals surface area contributed by atoms with E-state index < -0.39 is 9.84 Å². The average Bonchev–Trinajstić information content (AvgIpc) is 2.61. The predicted molar refractivity (Wildman–Crippen MR) is 114 cm³/mol. The van der Waals surface area contributed by atoms with E-state index in [0.717, 1.165) is 22.4 Å². The smallest absolute Gasteiger partial charge is 0.191 e. The van der Waals surface area contributed by atoms with Crippen molar-refractivity contribution in [1.29, 1.82) is 0 Å². The summed E-state index contributed by atoms with van der Waals surface area (Å²) in [6, 6.07) is 13.3. The van der Waals surface area contributed by atoms with Crippen LogP contribution in [0.25, 0.3) is 0 Å². The van der Waals surface area contributed by atoms with Crippen molar-refractivity contribution in [2.75, 3.05) is 13.3 Å². The van der Waals surface area contributed by atoms with Crippen LogP contribution in [0.5, 0.6) is 5.75 Å². The van der Waals surface area contributed by atoms with E-state index in [1.165, 1.54) is 6.26 Å². The molecule has 0 spiro atoms. The highest BCUT2D eigenvalue weighted by atomic mass is 32.2. The molecule has 0 heterocycles. The Labute approximate surface area is 168 Å². The van der Waals surface area contributed by atoms with Gasteiger partial charge >= 0.3 is 0 Å². The van der Waals surface area contributed by atoms with E-state index in [0.29, 0.717) is 23.9 Å². The first-order valence-corrected chi connectivity index (χ1v) is 11.1. The van der Waals surface area contributed by atoms with E-state index in [9.17, 15) is 8.42 Å². The molecular weight excluding hydrogens is 374 g/mol. The summed E-state index contributed by atoms with van der Waals surface area (Å²) in [6.07, 6.45) is 1.38. The molecule has 0 radical (unpaired) electrons. The van der Waals surface area contributed by atoms with Gasteiger partial charge in [-0.25, -0.2) is 8.42 Å². The first-order valence-electron chi connectivity index (χ1n) is 9.18. The predicted octanol–water partition coefficient (Wildman–Crippen LogP) is 3.05. The van der Waals surface area contributed by atoms with E-state index in [-0.39, 0.29) is 6.10 Å². The summed E-state index contributed by atoms with van der Waals surface area (Å²) < 4.78 is 29.1. The molecule has 0 saturated heterocycles. The van der Waals surface area contributed by atoms with Crippen LogP contribution in [-0.4, -0.2) is 33.8 Å². The number of hydrogen-bond acceptors (Lipinski definition) is 4. The van der Waals surface area contributed by atoms with Crippen LogP contribution >= 0.6 is 0 Å². The van der Waals surface area contributed by atoms with Crippen molar-refractivity contribution < 1.29 is 13.2 Å². The minimum atomic E-state index is -3.20. The first-order chi connectivity index (χ1) is 13.2. The number of benzene rings is 2. The highest BCUT2D eigenvalue weighted by molar-refractivity contribution is 7.90. The van der Waals surface area contributed by atoms with Gasteiger partial charge in [0.15, 0.2) is 15.8 Å². The van der Waals surface area contributed by atoms with Crippen LogP contribution in [0, 0.1) is 6.92 Å². The van der Waals surface area contributed by atoms with E-state index in [1.807, 2.05) is 50.2 Å². The highest BCUT2D eigenvalue weighted by Crippen LogP contribution is 2.16. The molecule has 0 aliphatic carbocycles. The van der Waals surface area contributed by atoms with Crippen LogP contribution < -0.4 is 15.4 Å². The van der Waals surface area contributed by atoms with Crippen molar-refractivity contribution in [3.63, 3.8) is 0 Å². The third-order valence-electron chi connectivity index (χ3n) is 4.08. The Hall–Kier alpha value is -2.54. The van der Waals surface area contributed by atoms with E-state index in [4.69, 9.17) is 4.74 Å². The van der Waals surface area contributed by atoms with Crippen LogP contribution in [0.3, 0.4) is 0 Å². The summed E-state index contributed by atoms with van der Waals surface area (Å²) >= 11 is 0. The fourth-order valence-electron chi connectivity index (χ4n) is 2.79. The Morgan fingerprint density at radius 1 is 1.04 bits per heavy atom. The van der Waals surface area contributed by atoms with Crippen molar-refractivity contribution >= 4 is 15.8 Å². The maximum atomic E-state index is 11.7. The van der Waals surface area contributed by atoms with Crippen LogP contribution in [0.15, 0.2) is 52.4 Å². The van der Waals surface area contributed by atoms with E-state index in [1.54, 1.807) is 20.0 Å². The summed E-state index contributed by atoms with van der Waals surface area (Å²) in [6.45, 7) is 6.99. The largest absolute Gasteiger partial charge is 0.491 e. The number of aliphatic imine (C=N–C) groups is 1. The Morgan fingerprint density at radius 3 is 2.11 bits per heavy atom. The molecule has 0 aromatic heterocycles. The monoisotopic (exact) mass is 403 g/mol. The molecule has 0 atom stereocenters. The van der Waals surface area contributed by atoms with Crippen LogP contribution in [-0.2, 0) is 22.9 Å². The quantitative estimate of drug-likeness (QED) is 0.549. The summed E-state index contributed by atoms with van der Waals surface area (Å²) in [5.41, 5.74) is 2.85. The SMILES string of the molecule is CN=C(NCc1ccc(OC(C)C)cc1)NCc1ccc(S(C)(=O)=O)c(C)c1. The second-order valence-electron chi connectivity index (χ2n) is 6.96. The fraction of sp³-hybridized carbons (Fsp3) is 0.381. The second-order valence-corrected chi connectivity index (χ2v) is 8.95. The molecule has 2 aromatic carbocycles. The standard InChI is InChI=1S/C21H29N3O3S/c1-15(2)27-19-9-6-17(7-10-19)13-23-21(22-4)24-14-18-8-11-20(16(3)12-18)28(5,25)26/h6-12,15H,13-14H2,1-5H3,(H2,22,23,24). The zero-order valence-corrected chi connectivity index (χ0v) is 17.9. The molecule has 0 saturated carbocycles. The summed E-state index contributed by atoms with van der Waals surface area (Å²) in [5.74, 6) is 1.53. The zero-order valence-electron chi connectivity index (χ0n) is 17.1. The molecule has 0 unspecified atom stereocenters. The molecule has 0 bridgehead atoms. The molecule has 7 heteroatoms. The molecule has 0 aliphatic heterocycles. The number of ether oxygens (including phenoxy) is 1. The number of hydrogen-bond donors (Lipinski definition) is 2. The fourth-order valence-corrected chi connectivity index (χ4v) is 3.75. The summed E-state index contributed by atoms with van der Waals surface area (Å²) in [5, 5.41) is 6.51. The zero-order chi connectivity index (χ0) is 20.7. The summed E-state index contributed by atoms with van der Waals surface area (Å²) in [7, 11) is -1.49. The molecule has 2 rings (SSSR count). The van der Waals surface area contributed by atoms with Gasteiger partial charge in [-0.1, -0.05) is 24.3 Å². The van der Waals surface area contributed by atoms with E-state index >= 15 is 0 Å². The van der Waals surface area contributed by atoms with Crippen molar-refractivity contribution in [3.05, 3.63) is 59.2 Å². The lowest BCUT2D eigenvalue weighted by atomic mass is 10.1. The van der Waals surface area contributed by atoms with Gasteiger partial charge in [-0.05, 0) is 55.7 Å². The number of nitrogens with one attached hydrogen (secondary N) is 2. The molecule has 2 N–H and O–H groups in total.